The van der Waals surface area contributed by atoms with Crippen molar-refractivity contribution in [2.75, 3.05) is 15.9 Å². The molecule has 0 saturated heterocycles. The van der Waals surface area contributed by atoms with Gasteiger partial charge in [0.15, 0.2) is 0 Å². The molecule has 0 aliphatic carbocycles. The second-order valence-corrected chi connectivity index (χ2v) is 6.27. The van der Waals surface area contributed by atoms with Crippen LogP contribution in [0.2, 0.25) is 10.0 Å². The third kappa shape index (κ3) is 2.85. The molecule has 5 N–H and O–H groups in total. The Labute approximate surface area is 136 Å². The molecule has 4 nitrogen and oxygen atoms in total. The summed E-state index contributed by atoms with van der Waals surface area (Å²) in [4.78, 5) is 1.03. The van der Waals surface area contributed by atoms with E-state index in [1.165, 1.54) is 11.9 Å². The van der Waals surface area contributed by atoms with E-state index in [2.05, 4.69) is 5.43 Å². The van der Waals surface area contributed by atoms with Crippen LogP contribution in [0.4, 0.5) is 17.1 Å². The van der Waals surface area contributed by atoms with Gasteiger partial charge in [-0.1, -0.05) is 29.3 Å². The molecule has 108 valence electrons. The number of hydrogen-bond acceptors (Lipinski definition) is 5. The highest BCUT2D eigenvalue weighted by Gasteiger charge is 2.18. The van der Waals surface area contributed by atoms with Crippen molar-refractivity contribution < 1.29 is 0 Å². The van der Waals surface area contributed by atoms with Crippen LogP contribution in [0, 0.1) is 0 Å². The van der Waals surface area contributed by atoms with Gasteiger partial charge in [-0.05, 0) is 35.9 Å². The van der Waals surface area contributed by atoms with Crippen LogP contribution in [0.3, 0.4) is 0 Å². The van der Waals surface area contributed by atoms with E-state index in [0.717, 1.165) is 16.2 Å². The van der Waals surface area contributed by atoms with Gasteiger partial charge >= 0.3 is 0 Å². The van der Waals surface area contributed by atoms with Crippen LogP contribution < -0.4 is 21.3 Å². The number of hydrogen-bond donors (Lipinski definition) is 3. The molecule has 7 heteroatoms. The van der Waals surface area contributed by atoms with Crippen LogP contribution in [0.1, 0.15) is 5.56 Å². The Balaban J connectivity index is 1.80. The Morgan fingerprint density at radius 1 is 0.952 bits per heavy atom. The molecular formula is C14H12Cl2N4S. The Morgan fingerprint density at radius 3 is 2.29 bits per heavy atom. The summed E-state index contributed by atoms with van der Waals surface area (Å²) >= 11 is 13.6. The minimum absolute atomic E-state index is 0.527. The molecule has 0 unspecified atom stereocenters. The smallest absolute Gasteiger partial charge is 0.0721 e. The first-order valence-electron chi connectivity index (χ1n) is 6.09. The van der Waals surface area contributed by atoms with Gasteiger partial charge in [-0.25, -0.2) is 4.41 Å². The molecule has 2 aromatic rings. The van der Waals surface area contributed by atoms with Gasteiger partial charge in [0.2, 0.25) is 0 Å². The molecule has 0 radical (unpaired) electrons. The number of nitrogens with two attached hydrogens (primary N) is 2. The Bertz CT molecular complexity index is 733. The summed E-state index contributed by atoms with van der Waals surface area (Å²) in [6.07, 6.45) is 1.90. The van der Waals surface area contributed by atoms with Gasteiger partial charge in [0, 0.05) is 18.1 Å². The number of nitrogens with one attached hydrogen (secondary N) is 1. The molecule has 1 heterocycles. The van der Waals surface area contributed by atoms with E-state index in [1.54, 1.807) is 12.1 Å². The Morgan fingerprint density at radius 2 is 1.62 bits per heavy atom. The van der Waals surface area contributed by atoms with Crippen LogP contribution in [0.15, 0.2) is 42.6 Å². The predicted octanol–water partition coefficient (Wildman–Crippen LogP) is 4.13. The van der Waals surface area contributed by atoms with E-state index >= 15 is 0 Å². The van der Waals surface area contributed by atoms with Gasteiger partial charge in [0.1, 0.15) is 0 Å². The average Bonchev–Trinajstić information content (AvgIpc) is 2.94. The topological polar surface area (TPSA) is 67.3 Å². The van der Waals surface area contributed by atoms with E-state index in [0.29, 0.717) is 21.4 Å². The molecule has 1 aliphatic rings. The van der Waals surface area contributed by atoms with Crippen molar-refractivity contribution >= 4 is 57.1 Å². The molecule has 0 amide bonds. The quantitative estimate of drug-likeness (QED) is 0.567. The standard InChI is InChI=1S/C14H12Cl2N4S/c15-10-5-8(1-3-12(10)17)14-7-19-20(21-14)9-2-4-13(18)11(16)6-9/h1-7,19H,17-18H2. The van der Waals surface area contributed by atoms with Crippen molar-refractivity contribution in [1.29, 1.82) is 0 Å². The summed E-state index contributed by atoms with van der Waals surface area (Å²) in [7, 11) is 0. The monoisotopic (exact) mass is 338 g/mol. The second kappa shape index (κ2) is 5.60. The number of nitrogen functional groups attached to an aromatic ring is 2. The summed E-state index contributed by atoms with van der Waals surface area (Å²) in [6.45, 7) is 0. The third-order valence-electron chi connectivity index (χ3n) is 3.01. The fourth-order valence-electron chi connectivity index (χ4n) is 1.85. The first-order valence-corrected chi connectivity index (χ1v) is 7.62. The lowest BCUT2D eigenvalue weighted by Crippen LogP contribution is -2.22. The zero-order valence-corrected chi connectivity index (χ0v) is 13.1. The van der Waals surface area contributed by atoms with Gasteiger partial charge in [0.05, 0.1) is 32.0 Å². The van der Waals surface area contributed by atoms with Crippen molar-refractivity contribution in [2.24, 2.45) is 0 Å². The third-order valence-corrected chi connectivity index (χ3v) is 4.71. The van der Waals surface area contributed by atoms with Gasteiger partial charge in [-0.3, -0.25) is 5.43 Å². The van der Waals surface area contributed by atoms with Gasteiger partial charge in [-0.2, -0.15) is 0 Å². The lowest BCUT2D eigenvalue weighted by molar-refractivity contribution is 0.982. The molecule has 0 spiro atoms. The van der Waals surface area contributed by atoms with Crippen molar-refractivity contribution in [3.05, 3.63) is 58.2 Å². The molecule has 0 bridgehead atoms. The van der Waals surface area contributed by atoms with Crippen LogP contribution in [-0.2, 0) is 0 Å². The number of nitrogens with zero attached hydrogens (tertiary/aromatic N) is 1. The summed E-state index contributed by atoms with van der Waals surface area (Å²) in [5, 5.41) is 1.07. The second-order valence-electron chi connectivity index (χ2n) is 4.47. The van der Waals surface area contributed by atoms with E-state index in [9.17, 15) is 0 Å². The molecule has 0 fully saturated rings. The van der Waals surface area contributed by atoms with Crippen molar-refractivity contribution in [3.63, 3.8) is 0 Å². The largest absolute Gasteiger partial charge is 0.398 e. The molecule has 1 aliphatic heterocycles. The van der Waals surface area contributed by atoms with Crippen molar-refractivity contribution in [3.8, 4) is 0 Å². The molecule has 2 aromatic carbocycles. The normalized spacial score (nSPS) is 14.0. The van der Waals surface area contributed by atoms with Gasteiger partial charge in [-0.15, -0.1) is 0 Å². The van der Waals surface area contributed by atoms with Gasteiger partial charge in [0.25, 0.3) is 0 Å². The number of rotatable bonds is 2. The first kappa shape index (κ1) is 14.3. The molecule has 0 saturated carbocycles. The summed E-state index contributed by atoms with van der Waals surface area (Å²) in [6, 6.07) is 11.1. The van der Waals surface area contributed by atoms with E-state index in [4.69, 9.17) is 34.7 Å². The summed E-state index contributed by atoms with van der Waals surface area (Å²) in [5.74, 6) is 0. The zero-order valence-electron chi connectivity index (χ0n) is 10.8. The number of benzene rings is 2. The van der Waals surface area contributed by atoms with Crippen molar-refractivity contribution in [1.82, 2.24) is 5.43 Å². The maximum Gasteiger partial charge on any atom is 0.0721 e. The molecule has 3 rings (SSSR count). The maximum absolute atomic E-state index is 6.06. The molecular weight excluding hydrogens is 327 g/mol. The fourth-order valence-corrected chi connectivity index (χ4v) is 3.07. The summed E-state index contributed by atoms with van der Waals surface area (Å²) < 4.78 is 1.89. The molecule has 21 heavy (non-hydrogen) atoms. The zero-order chi connectivity index (χ0) is 15.0. The lowest BCUT2D eigenvalue weighted by atomic mass is 10.2. The average molecular weight is 339 g/mol. The maximum atomic E-state index is 6.06. The molecule has 0 atom stereocenters. The Hall–Kier alpha value is -1.69. The van der Waals surface area contributed by atoms with Crippen LogP contribution >= 0.6 is 35.1 Å². The first-order chi connectivity index (χ1) is 10.0. The highest BCUT2D eigenvalue weighted by molar-refractivity contribution is 8.09. The van der Waals surface area contributed by atoms with Gasteiger partial charge < -0.3 is 11.5 Å². The van der Waals surface area contributed by atoms with Crippen LogP contribution in [-0.4, -0.2) is 0 Å². The Kier molecular flexibility index (Phi) is 3.80. The SMILES string of the molecule is Nc1ccc(C2=CNN(c3ccc(N)c(Cl)c3)S2)cc1Cl. The predicted molar refractivity (Wildman–Crippen MR) is 92.9 cm³/mol. The van der Waals surface area contributed by atoms with E-state index in [-0.39, 0.29) is 0 Å². The van der Waals surface area contributed by atoms with Crippen LogP contribution in [0.5, 0.6) is 0 Å². The highest BCUT2D eigenvalue weighted by Crippen LogP contribution is 2.39. The highest BCUT2D eigenvalue weighted by atomic mass is 35.5. The van der Waals surface area contributed by atoms with E-state index in [1.807, 2.05) is 34.9 Å². The lowest BCUT2D eigenvalue weighted by Gasteiger charge is -2.17. The van der Waals surface area contributed by atoms with Crippen molar-refractivity contribution in [2.45, 2.75) is 0 Å². The number of hydrazine groups is 1. The minimum Gasteiger partial charge on any atom is -0.398 e. The number of halogens is 2. The minimum atomic E-state index is 0.527. The fraction of sp³-hybridized carbons (Fsp3) is 0. The van der Waals surface area contributed by atoms with Crippen LogP contribution in [0.25, 0.3) is 4.91 Å². The molecule has 0 aromatic heterocycles. The van der Waals surface area contributed by atoms with E-state index < -0.39 is 0 Å². The summed E-state index contributed by atoms with van der Waals surface area (Å²) in [5.41, 5.74) is 17.6. The number of anilines is 3.